The second kappa shape index (κ2) is 4.59. The van der Waals surface area contributed by atoms with Gasteiger partial charge in [0.15, 0.2) is 10.6 Å². The van der Waals surface area contributed by atoms with Crippen LogP contribution in [-0.4, -0.2) is 20.1 Å². The minimum atomic E-state index is -0.593. The van der Waals surface area contributed by atoms with Gasteiger partial charge in [-0.05, 0) is 43.8 Å². The second-order valence-electron chi connectivity index (χ2n) is 5.20. The first-order valence-corrected chi connectivity index (χ1v) is 7.59. The van der Waals surface area contributed by atoms with E-state index in [0.29, 0.717) is 16.8 Å². The van der Waals surface area contributed by atoms with Gasteiger partial charge in [0.25, 0.3) is 0 Å². The summed E-state index contributed by atoms with van der Waals surface area (Å²) in [5.41, 5.74) is 0.800. The van der Waals surface area contributed by atoms with Crippen LogP contribution in [0.5, 0.6) is 0 Å². The van der Waals surface area contributed by atoms with E-state index in [1.807, 2.05) is 16.3 Å². The Morgan fingerprint density at radius 1 is 1.47 bits per heavy atom. The van der Waals surface area contributed by atoms with Crippen molar-refractivity contribution in [2.45, 2.75) is 31.1 Å². The number of thioether (sulfide) groups is 1. The Hall–Kier alpha value is -0.880. The van der Waals surface area contributed by atoms with Crippen molar-refractivity contribution < 1.29 is 8.78 Å². The van der Waals surface area contributed by atoms with Crippen LogP contribution in [0.25, 0.3) is 11.0 Å². The molecule has 1 aliphatic heterocycles. The van der Waals surface area contributed by atoms with E-state index in [1.165, 1.54) is 12.5 Å². The molecule has 1 unspecified atom stereocenters. The molecule has 0 spiro atoms. The van der Waals surface area contributed by atoms with Gasteiger partial charge in [-0.2, -0.15) is 11.8 Å². The number of hydrogen-bond donors (Lipinski definition) is 1. The van der Waals surface area contributed by atoms with Crippen LogP contribution in [0.1, 0.15) is 19.8 Å². The molecule has 102 valence electrons. The zero-order valence-electron chi connectivity index (χ0n) is 10.5. The minimum absolute atomic E-state index is 0.0934. The summed E-state index contributed by atoms with van der Waals surface area (Å²) in [6.45, 7) is 2.86. The molecule has 1 N–H and O–H groups in total. The van der Waals surface area contributed by atoms with Crippen LogP contribution in [0.4, 0.5) is 8.78 Å². The molecule has 1 atom stereocenters. The molecule has 0 amide bonds. The summed E-state index contributed by atoms with van der Waals surface area (Å²) in [4.78, 5) is 2.84. The lowest BCUT2D eigenvalue weighted by Gasteiger charge is -2.23. The van der Waals surface area contributed by atoms with E-state index < -0.39 is 11.6 Å². The second-order valence-corrected chi connectivity index (χ2v) is 7.27. The number of nitrogens with zero attached hydrogens (tertiary/aromatic N) is 1. The molecular formula is C13H14F2N2S2. The first kappa shape index (κ1) is 13.1. The minimum Gasteiger partial charge on any atom is -0.328 e. The third kappa shape index (κ3) is 2.31. The van der Waals surface area contributed by atoms with Gasteiger partial charge in [0.05, 0.1) is 5.52 Å². The van der Waals surface area contributed by atoms with Crippen molar-refractivity contribution >= 4 is 35.0 Å². The number of fused-ring (bicyclic) bond motifs is 1. The van der Waals surface area contributed by atoms with Crippen molar-refractivity contribution in [3.8, 4) is 0 Å². The molecule has 1 fully saturated rings. The molecule has 1 saturated heterocycles. The number of nitrogens with one attached hydrogen (secondary N) is 1. The summed E-state index contributed by atoms with van der Waals surface area (Å²) in [7, 11) is 0. The number of aromatic amines is 1. The standard InChI is InChI=1S/C13H14F2N2S2/c1-13(3-2-4-19-13)7-17-10-6-8(14)5-9(15)11(10)16-12(17)18/h5-6H,2-4,7H2,1H3,(H,16,18). The molecular weight excluding hydrogens is 286 g/mol. The van der Waals surface area contributed by atoms with Crippen molar-refractivity contribution in [3.05, 3.63) is 28.5 Å². The molecule has 19 heavy (non-hydrogen) atoms. The van der Waals surface area contributed by atoms with Gasteiger partial charge >= 0.3 is 0 Å². The SMILES string of the molecule is CC1(Cn2c(=S)[nH]c3c(F)cc(F)cc32)CCCS1. The molecule has 1 aromatic carbocycles. The normalized spacial score (nSPS) is 23.3. The molecule has 3 rings (SSSR count). The van der Waals surface area contributed by atoms with E-state index in [2.05, 4.69) is 11.9 Å². The predicted octanol–water partition coefficient (Wildman–Crippen LogP) is 4.26. The van der Waals surface area contributed by atoms with Crippen molar-refractivity contribution in [1.82, 2.24) is 9.55 Å². The Bertz CT molecular complexity index is 684. The molecule has 6 heteroatoms. The van der Waals surface area contributed by atoms with Gasteiger partial charge < -0.3 is 9.55 Å². The Morgan fingerprint density at radius 2 is 2.26 bits per heavy atom. The fourth-order valence-corrected chi connectivity index (χ4v) is 4.19. The monoisotopic (exact) mass is 300 g/mol. The van der Waals surface area contributed by atoms with Gasteiger partial charge in [0.2, 0.25) is 0 Å². The van der Waals surface area contributed by atoms with E-state index >= 15 is 0 Å². The third-order valence-corrected chi connectivity index (χ3v) is 5.44. The highest BCUT2D eigenvalue weighted by molar-refractivity contribution is 8.00. The van der Waals surface area contributed by atoms with Gasteiger partial charge in [0, 0.05) is 17.4 Å². The molecule has 1 aliphatic rings. The molecule has 0 aliphatic carbocycles. The van der Waals surface area contributed by atoms with Crippen molar-refractivity contribution in [2.75, 3.05) is 5.75 Å². The number of benzene rings is 1. The number of hydrogen-bond acceptors (Lipinski definition) is 2. The Kier molecular flexibility index (Phi) is 3.17. The maximum Gasteiger partial charge on any atom is 0.178 e. The van der Waals surface area contributed by atoms with E-state index in [4.69, 9.17) is 12.2 Å². The summed E-state index contributed by atoms with van der Waals surface area (Å²) < 4.78 is 29.5. The summed E-state index contributed by atoms with van der Waals surface area (Å²) in [6, 6.07) is 2.22. The van der Waals surface area contributed by atoms with Crippen molar-refractivity contribution in [3.63, 3.8) is 0 Å². The molecule has 2 nitrogen and oxygen atoms in total. The number of imidazole rings is 1. The average molecular weight is 300 g/mol. The maximum absolute atomic E-state index is 13.7. The largest absolute Gasteiger partial charge is 0.328 e. The fourth-order valence-electron chi connectivity index (χ4n) is 2.63. The van der Waals surface area contributed by atoms with Crippen LogP contribution in [0.2, 0.25) is 0 Å². The quantitative estimate of drug-likeness (QED) is 0.836. The number of H-pyrrole nitrogens is 1. The zero-order chi connectivity index (χ0) is 13.6. The first-order valence-electron chi connectivity index (χ1n) is 6.20. The molecule has 0 radical (unpaired) electrons. The molecule has 1 aromatic heterocycles. The van der Waals surface area contributed by atoms with Gasteiger partial charge in [0.1, 0.15) is 11.3 Å². The number of halogens is 2. The van der Waals surface area contributed by atoms with Crippen LogP contribution in [-0.2, 0) is 6.54 Å². The van der Waals surface area contributed by atoms with E-state index in [0.717, 1.165) is 18.2 Å². The highest BCUT2D eigenvalue weighted by Gasteiger charge is 2.30. The Balaban J connectivity index is 2.13. The van der Waals surface area contributed by atoms with Gasteiger partial charge in [-0.15, -0.1) is 0 Å². The van der Waals surface area contributed by atoms with E-state index in [-0.39, 0.29) is 10.3 Å². The number of aromatic nitrogens is 2. The predicted molar refractivity (Wildman–Crippen MR) is 77.1 cm³/mol. The highest BCUT2D eigenvalue weighted by atomic mass is 32.2. The molecule has 2 heterocycles. The van der Waals surface area contributed by atoms with E-state index in [9.17, 15) is 8.78 Å². The van der Waals surface area contributed by atoms with Gasteiger partial charge in [-0.1, -0.05) is 0 Å². The smallest absolute Gasteiger partial charge is 0.178 e. The summed E-state index contributed by atoms with van der Waals surface area (Å²) >= 11 is 7.15. The topological polar surface area (TPSA) is 20.7 Å². The average Bonchev–Trinajstić information content (AvgIpc) is 2.87. The number of rotatable bonds is 2. The lowest BCUT2D eigenvalue weighted by Crippen LogP contribution is -2.23. The molecule has 0 saturated carbocycles. The van der Waals surface area contributed by atoms with Gasteiger partial charge in [-0.3, -0.25) is 0 Å². The maximum atomic E-state index is 13.7. The van der Waals surface area contributed by atoms with Crippen LogP contribution in [0.15, 0.2) is 12.1 Å². The summed E-state index contributed by atoms with van der Waals surface area (Å²) in [6.07, 6.45) is 2.28. The van der Waals surface area contributed by atoms with Crippen LogP contribution >= 0.6 is 24.0 Å². The Morgan fingerprint density at radius 3 is 2.95 bits per heavy atom. The third-order valence-electron chi connectivity index (χ3n) is 3.60. The lowest BCUT2D eigenvalue weighted by atomic mass is 10.1. The first-order chi connectivity index (χ1) is 8.98. The Labute approximate surface area is 119 Å². The van der Waals surface area contributed by atoms with E-state index in [1.54, 1.807) is 0 Å². The van der Waals surface area contributed by atoms with Crippen LogP contribution in [0.3, 0.4) is 0 Å². The summed E-state index contributed by atoms with van der Waals surface area (Å²) in [5.74, 6) is -0.0319. The van der Waals surface area contributed by atoms with Crippen LogP contribution < -0.4 is 0 Å². The van der Waals surface area contributed by atoms with Crippen LogP contribution in [0, 0.1) is 16.4 Å². The molecule has 2 aromatic rings. The van der Waals surface area contributed by atoms with Gasteiger partial charge in [-0.25, -0.2) is 8.78 Å². The molecule has 0 bridgehead atoms. The highest BCUT2D eigenvalue weighted by Crippen LogP contribution is 2.39. The lowest BCUT2D eigenvalue weighted by molar-refractivity contribution is 0.514. The van der Waals surface area contributed by atoms with Crippen molar-refractivity contribution in [2.24, 2.45) is 0 Å². The fraction of sp³-hybridized carbons (Fsp3) is 0.462. The van der Waals surface area contributed by atoms with Crippen molar-refractivity contribution in [1.29, 1.82) is 0 Å². The zero-order valence-corrected chi connectivity index (χ0v) is 12.1. The summed E-state index contributed by atoms with van der Waals surface area (Å²) in [5, 5.41) is 0.